The highest BCUT2D eigenvalue weighted by Gasteiger charge is 2.32. The number of anilines is 1. The minimum atomic E-state index is 0.133. The van der Waals surface area contributed by atoms with Crippen molar-refractivity contribution in [2.45, 2.75) is 44.4 Å². The molecule has 0 radical (unpaired) electrons. The molecule has 122 valence electrons. The molecule has 0 bridgehead atoms. The zero-order chi connectivity index (χ0) is 15.6. The lowest BCUT2D eigenvalue weighted by molar-refractivity contribution is -0.0348. The summed E-state index contributed by atoms with van der Waals surface area (Å²) in [5.41, 5.74) is 1.25. The summed E-state index contributed by atoms with van der Waals surface area (Å²) in [4.78, 5) is 2.21. The molecule has 2 heterocycles. The zero-order valence-electron chi connectivity index (χ0n) is 13.5. The number of nitrogens with zero attached hydrogens (tertiary/aromatic N) is 5. The van der Waals surface area contributed by atoms with E-state index >= 15 is 0 Å². The molecule has 0 amide bonds. The maximum Gasteiger partial charge on any atom is 0.245 e. The Morgan fingerprint density at radius 2 is 2.04 bits per heavy atom. The molecule has 1 aliphatic heterocycles. The van der Waals surface area contributed by atoms with Crippen LogP contribution >= 0.6 is 0 Å². The van der Waals surface area contributed by atoms with Crippen molar-refractivity contribution in [1.82, 2.24) is 20.2 Å². The van der Waals surface area contributed by atoms with Gasteiger partial charge < -0.3 is 9.64 Å². The van der Waals surface area contributed by atoms with Crippen LogP contribution in [0, 0.1) is 5.92 Å². The van der Waals surface area contributed by atoms with Gasteiger partial charge in [0.25, 0.3) is 0 Å². The normalized spacial score (nSPS) is 24.6. The Morgan fingerprint density at radius 1 is 1.22 bits per heavy atom. The van der Waals surface area contributed by atoms with Crippen molar-refractivity contribution in [3.05, 3.63) is 35.9 Å². The molecule has 23 heavy (non-hydrogen) atoms. The lowest BCUT2D eigenvalue weighted by Crippen LogP contribution is -2.29. The lowest BCUT2D eigenvalue weighted by atomic mass is 9.89. The number of hydrogen-bond acceptors (Lipinski definition) is 5. The van der Waals surface area contributed by atoms with Crippen molar-refractivity contribution in [2.24, 2.45) is 5.92 Å². The van der Waals surface area contributed by atoms with E-state index in [4.69, 9.17) is 4.74 Å². The Balaban J connectivity index is 1.53. The van der Waals surface area contributed by atoms with E-state index in [1.54, 1.807) is 0 Å². The van der Waals surface area contributed by atoms with Gasteiger partial charge >= 0.3 is 0 Å². The van der Waals surface area contributed by atoms with Gasteiger partial charge in [-0.2, -0.15) is 0 Å². The van der Waals surface area contributed by atoms with Gasteiger partial charge in [0.1, 0.15) is 0 Å². The maximum absolute atomic E-state index is 6.09. The molecule has 0 spiro atoms. The molecule has 1 saturated carbocycles. The molecule has 2 aromatic rings. The van der Waals surface area contributed by atoms with Gasteiger partial charge in [0.2, 0.25) is 5.95 Å². The van der Waals surface area contributed by atoms with Crippen molar-refractivity contribution in [1.29, 1.82) is 0 Å². The van der Waals surface area contributed by atoms with Crippen LogP contribution in [0.2, 0.25) is 0 Å². The first-order valence-electron chi connectivity index (χ1n) is 8.48. The fraction of sp³-hybridized carbons (Fsp3) is 0.588. The largest absolute Gasteiger partial charge is 0.373 e. The summed E-state index contributed by atoms with van der Waals surface area (Å²) in [6, 6.07) is 11.1. The van der Waals surface area contributed by atoms with Crippen LogP contribution in [-0.4, -0.2) is 39.9 Å². The van der Waals surface area contributed by atoms with E-state index in [2.05, 4.69) is 51.7 Å². The highest BCUT2D eigenvalue weighted by molar-refractivity contribution is 5.31. The molecular formula is C17H23N5O. The third-order valence-electron chi connectivity index (χ3n) is 4.90. The average Bonchev–Trinajstić information content (AvgIpc) is 3.35. The number of hydrogen-bond donors (Lipinski definition) is 0. The van der Waals surface area contributed by atoms with Crippen LogP contribution in [0.15, 0.2) is 30.3 Å². The number of aromatic nitrogens is 4. The van der Waals surface area contributed by atoms with Gasteiger partial charge in [0.15, 0.2) is 0 Å². The summed E-state index contributed by atoms with van der Waals surface area (Å²) >= 11 is 0. The zero-order valence-corrected chi connectivity index (χ0v) is 13.5. The fourth-order valence-electron chi connectivity index (χ4n) is 3.46. The van der Waals surface area contributed by atoms with E-state index in [9.17, 15) is 0 Å². The molecule has 6 nitrogen and oxygen atoms in total. The van der Waals surface area contributed by atoms with Gasteiger partial charge in [-0.05, 0) is 41.7 Å². The monoisotopic (exact) mass is 313 g/mol. The first kappa shape index (κ1) is 14.6. The second-order valence-electron chi connectivity index (χ2n) is 6.61. The van der Waals surface area contributed by atoms with Gasteiger partial charge in [-0.1, -0.05) is 35.4 Å². The molecule has 1 aromatic heterocycles. The number of benzene rings is 1. The van der Waals surface area contributed by atoms with Crippen molar-refractivity contribution in [3.63, 3.8) is 0 Å². The number of tetrazole rings is 1. The van der Waals surface area contributed by atoms with Gasteiger partial charge in [-0.15, -0.1) is 0 Å². The van der Waals surface area contributed by atoms with Crippen LogP contribution < -0.4 is 4.90 Å². The Bertz CT molecular complexity index is 639. The molecule has 2 aliphatic rings. The van der Waals surface area contributed by atoms with E-state index in [1.807, 2.05) is 10.7 Å². The summed E-state index contributed by atoms with van der Waals surface area (Å²) in [6.45, 7) is 1.64. The summed E-state index contributed by atoms with van der Waals surface area (Å²) in [5.74, 6) is 1.28. The standard InChI is InChI=1S/C17H23N5O/c1-21(15-9-10-15)17-18-19-20-22(17)12-14-8-5-11-23-16(14)13-6-3-2-4-7-13/h2-4,6-7,14-16H,5,8-12H2,1H3. The summed E-state index contributed by atoms with van der Waals surface area (Å²) in [5, 5.41) is 12.4. The Kier molecular flexibility index (Phi) is 3.99. The third-order valence-corrected chi connectivity index (χ3v) is 4.90. The van der Waals surface area contributed by atoms with Crippen LogP contribution in [0.3, 0.4) is 0 Å². The molecule has 6 heteroatoms. The first-order chi connectivity index (χ1) is 11.3. The van der Waals surface area contributed by atoms with Crippen molar-refractivity contribution in [2.75, 3.05) is 18.6 Å². The molecule has 0 N–H and O–H groups in total. The van der Waals surface area contributed by atoms with E-state index in [-0.39, 0.29) is 6.10 Å². The second-order valence-corrected chi connectivity index (χ2v) is 6.61. The predicted molar refractivity (Wildman–Crippen MR) is 87.1 cm³/mol. The van der Waals surface area contributed by atoms with E-state index < -0.39 is 0 Å². The van der Waals surface area contributed by atoms with Crippen molar-refractivity contribution < 1.29 is 4.74 Å². The molecule has 2 unspecified atom stereocenters. The van der Waals surface area contributed by atoms with Crippen LogP contribution in [-0.2, 0) is 11.3 Å². The SMILES string of the molecule is CN(c1nnnn1CC1CCCOC1c1ccccc1)C1CC1. The van der Waals surface area contributed by atoms with Crippen molar-refractivity contribution in [3.8, 4) is 0 Å². The van der Waals surface area contributed by atoms with Gasteiger partial charge in [-0.3, -0.25) is 0 Å². The Morgan fingerprint density at radius 3 is 2.83 bits per heavy atom. The quantitative estimate of drug-likeness (QED) is 0.848. The fourth-order valence-corrected chi connectivity index (χ4v) is 3.46. The summed E-state index contributed by atoms with van der Waals surface area (Å²) < 4.78 is 8.04. The van der Waals surface area contributed by atoms with E-state index in [0.29, 0.717) is 12.0 Å². The third kappa shape index (κ3) is 3.08. The Labute approximate surface area is 136 Å². The molecule has 2 fully saturated rings. The van der Waals surface area contributed by atoms with Gasteiger partial charge in [0.05, 0.1) is 12.6 Å². The topological polar surface area (TPSA) is 56.1 Å². The first-order valence-corrected chi connectivity index (χ1v) is 8.48. The molecule has 4 rings (SSSR count). The number of ether oxygens (including phenoxy) is 1. The van der Waals surface area contributed by atoms with Gasteiger partial charge in [0, 0.05) is 25.6 Å². The molecule has 1 aliphatic carbocycles. The smallest absolute Gasteiger partial charge is 0.245 e. The summed E-state index contributed by atoms with van der Waals surface area (Å²) in [6.07, 6.45) is 4.86. The van der Waals surface area contributed by atoms with Crippen LogP contribution in [0.4, 0.5) is 5.95 Å². The minimum Gasteiger partial charge on any atom is -0.373 e. The predicted octanol–water partition coefficient (Wildman–Crippen LogP) is 2.44. The molecular weight excluding hydrogens is 290 g/mol. The van der Waals surface area contributed by atoms with Gasteiger partial charge in [-0.25, -0.2) is 4.68 Å². The lowest BCUT2D eigenvalue weighted by Gasteiger charge is -2.32. The molecule has 2 atom stereocenters. The van der Waals surface area contributed by atoms with Crippen LogP contribution in [0.25, 0.3) is 0 Å². The highest BCUT2D eigenvalue weighted by atomic mass is 16.5. The highest BCUT2D eigenvalue weighted by Crippen LogP contribution is 2.35. The summed E-state index contributed by atoms with van der Waals surface area (Å²) in [7, 11) is 2.09. The minimum absolute atomic E-state index is 0.133. The number of rotatable bonds is 5. The van der Waals surface area contributed by atoms with E-state index in [1.165, 1.54) is 18.4 Å². The average molecular weight is 313 g/mol. The van der Waals surface area contributed by atoms with Crippen LogP contribution in [0.1, 0.15) is 37.4 Å². The molecule has 1 saturated heterocycles. The molecule has 1 aromatic carbocycles. The maximum atomic E-state index is 6.09. The van der Waals surface area contributed by atoms with Crippen LogP contribution in [0.5, 0.6) is 0 Å². The second kappa shape index (κ2) is 6.28. The Hall–Kier alpha value is -1.95. The van der Waals surface area contributed by atoms with Crippen molar-refractivity contribution >= 4 is 5.95 Å². The van der Waals surface area contributed by atoms with E-state index in [0.717, 1.165) is 31.9 Å².